The zero-order valence-electron chi connectivity index (χ0n) is 18.5. The number of hydrogen-bond acceptors (Lipinski definition) is 5. The fraction of sp³-hybridized carbons (Fsp3) is 0.739. The highest BCUT2D eigenvalue weighted by molar-refractivity contribution is 5.80. The molecule has 0 aromatic carbocycles. The van der Waals surface area contributed by atoms with Crippen molar-refractivity contribution in [3.63, 3.8) is 0 Å². The average Bonchev–Trinajstić information content (AvgIpc) is 2.81. The second-order valence-corrected chi connectivity index (χ2v) is 8.09. The van der Waals surface area contributed by atoms with Crippen LogP contribution in [0.2, 0.25) is 0 Å². The maximum atomic E-state index is 6.15. The van der Waals surface area contributed by atoms with Crippen LogP contribution in [0.1, 0.15) is 51.9 Å². The Morgan fingerprint density at radius 2 is 2.13 bits per heavy atom. The van der Waals surface area contributed by atoms with Gasteiger partial charge in [-0.15, -0.1) is 0 Å². The first-order chi connectivity index (χ1) is 14.8. The van der Waals surface area contributed by atoms with E-state index < -0.39 is 0 Å². The van der Waals surface area contributed by atoms with Crippen LogP contribution >= 0.6 is 0 Å². The van der Waals surface area contributed by atoms with Gasteiger partial charge in [-0.05, 0) is 64.0 Å². The Bertz CT molecular complexity index is 599. The van der Waals surface area contributed by atoms with Gasteiger partial charge in [0, 0.05) is 45.5 Å². The SMILES string of the molecule is CCNC(=NCCCCNc1ccccn1)N1CCC(OCC2CCCCO2)CC1. The molecule has 30 heavy (non-hydrogen) atoms. The van der Waals surface area contributed by atoms with E-state index in [1.165, 1.54) is 12.8 Å². The van der Waals surface area contributed by atoms with E-state index in [4.69, 9.17) is 14.5 Å². The van der Waals surface area contributed by atoms with Gasteiger partial charge < -0.3 is 25.0 Å². The van der Waals surface area contributed by atoms with E-state index in [0.29, 0.717) is 12.2 Å². The third-order valence-corrected chi connectivity index (χ3v) is 5.69. The second-order valence-electron chi connectivity index (χ2n) is 8.09. The number of aromatic nitrogens is 1. The summed E-state index contributed by atoms with van der Waals surface area (Å²) in [5.41, 5.74) is 0. The highest BCUT2D eigenvalue weighted by atomic mass is 16.5. The molecule has 1 unspecified atom stereocenters. The summed E-state index contributed by atoms with van der Waals surface area (Å²) in [5, 5.41) is 6.81. The molecule has 168 valence electrons. The van der Waals surface area contributed by atoms with E-state index in [0.717, 1.165) is 89.8 Å². The summed E-state index contributed by atoms with van der Waals surface area (Å²) in [6.07, 6.45) is 10.4. The Balaban J connectivity index is 1.31. The number of ether oxygens (including phenoxy) is 2. The predicted octanol–water partition coefficient (Wildman–Crippen LogP) is 3.29. The summed E-state index contributed by atoms with van der Waals surface area (Å²) in [6.45, 7) is 8.46. The molecule has 7 nitrogen and oxygen atoms in total. The van der Waals surface area contributed by atoms with E-state index in [9.17, 15) is 0 Å². The van der Waals surface area contributed by atoms with E-state index in [1.807, 2.05) is 24.4 Å². The van der Waals surface area contributed by atoms with Gasteiger partial charge in [0.15, 0.2) is 5.96 Å². The molecular weight excluding hydrogens is 378 g/mol. The number of nitrogens with zero attached hydrogens (tertiary/aromatic N) is 3. The van der Waals surface area contributed by atoms with E-state index >= 15 is 0 Å². The largest absolute Gasteiger partial charge is 0.376 e. The number of unbranched alkanes of at least 4 members (excludes halogenated alkanes) is 1. The first-order valence-corrected chi connectivity index (χ1v) is 11.8. The standard InChI is InChI=1S/C23H39N5O2/c1-2-24-23(27-15-7-6-14-26-22-10-3-5-13-25-22)28-16-11-20(12-17-28)30-19-21-9-4-8-18-29-21/h3,5,10,13,20-21H,2,4,6-9,11-12,14-19H2,1H3,(H,24,27)(H,25,26). The van der Waals surface area contributed by atoms with Gasteiger partial charge >= 0.3 is 0 Å². The summed E-state index contributed by atoms with van der Waals surface area (Å²) in [5.74, 6) is 1.98. The lowest BCUT2D eigenvalue weighted by Crippen LogP contribution is -2.47. The topological polar surface area (TPSA) is 71.0 Å². The molecule has 0 spiro atoms. The maximum absolute atomic E-state index is 6.15. The number of aliphatic imine (C=N–C) groups is 1. The number of likely N-dealkylation sites (tertiary alicyclic amines) is 1. The van der Waals surface area contributed by atoms with Crippen molar-refractivity contribution < 1.29 is 9.47 Å². The summed E-state index contributed by atoms with van der Waals surface area (Å²) in [6, 6.07) is 5.93. The van der Waals surface area contributed by atoms with Crippen LogP contribution in [0.25, 0.3) is 0 Å². The highest BCUT2D eigenvalue weighted by Gasteiger charge is 2.23. The van der Waals surface area contributed by atoms with Crippen LogP contribution in [0.4, 0.5) is 5.82 Å². The Labute approximate surface area is 181 Å². The molecule has 1 aromatic rings. The van der Waals surface area contributed by atoms with Crippen molar-refractivity contribution in [1.82, 2.24) is 15.2 Å². The zero-order chi connectivity index (χ0) is 20.9. The molecule has 0 bridgehead atoms. The minimum absolute atomic E-state index is 0.308. The van der Waals surface area contributed by atoms with Gasteiger partial charge in [-0.1, -0.05) is 6.07 Å². The molecule has 2 saturated heterocycles. The number of hydrogen-bond donors (Lipinski definition) is 2. The van der Waals surface area contributed by atoms with Gasteiger partial charge in [-0.3, -0.25) is 4.99 Å². The Kier molecular flexibility index (Phi) is 10.2. The van der Waals surface area contributed by atoms with Gasteiger partial charge in [0.2, 0.25) is 0 Å². The summed E-state index contributed by atoms with van der Waals surface area (Å²) in [4.78, 5) is 11.5. The summed E-state index contributed by atoms with van der Waals surface area (Å²) < 4.78 is 11.9. The van der Waals surface area contributed by atoms with Crippen LogP contribution in [0, 0.1) is 0 Å². The lowest BCUT2D eigenvalue weighted by atomic mass is 10.1. The van der Waals surface area contributed by atoms with Crippen LogP contribution in [0.3, 0.4) is 0 Å². The number of rotatable bonds is 10. The fourth-order valence-electron chi connectivity index (χ4n) is 3.95. The Morgan fingerprint density at radius 3 is 2.87 bits per heavy atom. The number of anilines is 1. The van der Waals surface area contributed by atoms with Crippen LogP contribution in [-0.2, 0) is 9.47 Å². The van der Waals surface area contributed by atoms with Gasteiger partial charge in [-0.2, -0.15) is 0 Å². The molecule has 1 atom stereocenters. The quantitative estimate of drug-likeness (QED) is 0.346. The van der Waals surface area contributed by atoms with Crippen LogP contribution < -0.4 is 10.6 Å². The number of pyridine rings is 1. The number of piperidine rings is 1. The second kappa shape index (κ2) is 13.4. The predicted molar refractivity (Wildman–Crippen MR) is 122 cm³/mol. The summed E-state index contributed by atoms with van der Waals surface area (Å²) in [7, 11) is 0. The number of nitrogens with one attached hydrogen (secondary N) is 2. The third-order valence-electron chi connectivity index (χ3n) is 5.69. The molecule has 2 N–H and O–H groups in total. The Morgan fingerprint density at radius 1 is 1.23 bits per heavy atom. The van der Waals surface area contributed by atoms with Crippen molar-refractivity contribution in [2.24, 2.45) is 4.99 Å². The molecule has 7 heteroatoms. The van der Waals surface area contributed by atoms with Gasteiger partial charge in [-0.25, -0.2) is 4.98 Å². The lowest BCUT2D eigenvalue weighted by Gasteiger charge is -2.35. The molecule has 3 heterocycles. The van der Waals surface area contributed by atoms with Crippen molar-refractivity contribution in [3.8, 4) is 0 Å². The average molecular weight is 418 g/mol. The van der Waals surface area contributed by atoms with E-state index in [1.54, 1.807) is 0 Å². The summed E-state index contributed by atoms with van der Waals surface area (Å²) >= 11 is 0. The highest BCUT2D eigenvalue weighted by Crippen LogP contribution is 2.18. The van der Waals surface area contributed by atoms with Gasteiger partial charge in [0.05, 0.1) is 18.8 Å². The fourth-order valence-corrected chi connectivity index (χ4v) is 3.95. The number of guanidine groups is 1. The molecule has 0 saturated carbocycles. The molecule has 1 aromatic heterocycles. The van der Waals surface area contributed by atoms with Crippen molar-refractivity contribution in [1.29, 1.82) is 0 Å². The molecule has 0 amide bonds. The van der Waals surface area contributed by atoms with E-state index in [2.05, 4.69) is 27.4 Å². The minimum atomic E-state index is 0.308. The lowest BCUT2D eigenvalue weighted by molar-refractivity contribution is -0.0721. The van der Waals surface area contributed by atoms with Gasteiger partial charge in [0.25, 0.3) is 0 Å². The van der Waals surface area contributed by atoms with Crippen molar-refractivity contribution in [2.45, 2.75) is 64.1 Å². The Hall–Kier alpha value is -1.86. The maximum Gasteiger partial charge on any atom is 0.193 e. The normalized spacial score (nSPS) is 20.9. The van der Waals surface area contributed by atoms with Crippen LogP contribution in [-0.4, -0.2) is 74.0 Å². The smallest absolute Gasteiger partial charge is 0.193 e. The monoisotopic (exact) mass is 417 g/mol. The first-order valence-electron chi connectivity index (χ1n) is 11.8. The molecule has 0 radical (unpaired) electrons. The molecule has 3 rings (SSSR count). The molecular formula is C23H39N5O2. The molecule has 2 fully saturated rings. The first kappa shape index (κ1) is 22.8. The van der Waals surface area contributed by atoms with Crippen LogP contribution in [0.15, 0.2) is 29.4 Å². The molecule has 2 aliphatic rings. The minimum Gasteiger partial charge on any atom is -0.376 e. The van der Waals surface area contributed by atoms with Crippen molar-refractivity contribution in [3.05, 3.63) is 24.4 Å². The van der Waals surface area contributed by atoms with Crippen molar-refractivity contribution >= 4 is 11.8 Å². The third kappa shape index (κ3) is 8.11. The molecule has 0 aliphatic carbocycles. The van der Waals surface area contributed by atoms with E-state index in [-0.39, 0.29) is 0 Å². The zero-order valence-corrected chi connectivity index (χ0v) is 18.5. The van der Waals surface area contributed by atoms with Crippen LogP contribution in [0.5, 0.6) is 0 Å². The van der Waals surface area contributed by atoms with Crippen molar-refractivity contribution in [2.75, 3.05) is 51.3 Å². The molecule has 2 aliphatic heterocycles. The van der Waals surface area contributed by atoms with Gasteiger partial charge in [0.1, 0.15) is 5.82 Å².